The van der Waals surface area contributed by atoms with E-state index in [9.17, 15) is 19.2 Å². The molecule has 0 heterocycles. The fraction of sp³-hybridized carbons (Fsp3) is 0.778. The normalized spacial score (nSPS) is 18.7. The summed E-state index contributed by atoms with van der Waals surface area (Å²) in [6.07, 6.45) is 4.04. The van der Waals surface area contributed by atoms with Crippen molar-refractivity contribution in [2.45, 2.75) is 83.6 Å². The average molecular weight is 386 g/mol. The van der Waals surface area contributed by atoms with Gasteiger partial charge in [0.05, 0.1) is 0 Å². The zero-order valence-electron chi connectivity index (χ0n) is 16.3. The average Bonchev–Trinajstić information content (AvgIpc) is 2.53. The maximum Gasteiger partial charge on any atom is 0.325 e. The van der Waals surface area contributed by atoms with Gasteiger partial charge in [-0.15, -0.1) is 0 Å². The van der Waals surface area contributed by atoms with Gasteiger partial charge in [-0.1, -0.05) is 6.42 Å². The van der Waals surface area contributed by atoms with Crippen LogP contribution >= 0.6 is 0 Å². The molecule has 1 rings (SSSR count). The molecule has 0 bridgehead atoms. The highest BCUT2D eigenvalue weighted by Crippen LogP contribution is 2.22. The van der Waals surface area contributed by atoms with E-state index in [1.807, 2.05) is 0 Å². The Bertz CT molecular complexity index is 565. The van der Waals surface area contributed by atoms with Crippen LogP contribution < -0.4 is 11.1 Å². The smallest absolute Gasteiger partial charge is 0.325 e. The summed E-state index contributed by atoms with van der Waals surface area (Å²) in [5.74, 6) is -5.87. The van der Waals surface area contributed by atoms with Crippen LogP contribution in [0.15, 0.2) is 0 Å². The minimum atomic E-state index is -1.71. The van der Waals surface area contributed by atoms with E-state index < -0.39 is 47.4 Å². The van der Waals surface area contributed by atoms with Gasteiger partial charge in [0.2, 0.25) is 5.91 Å². The largest absolute Gasteiger partial charge is 0.480 e. The molecule has 1 fully saturated rings. The number of aliphatic carboxylic acids is 1. The third-order valence-electron chi connectivity index (χ3n) is 4.14. The van der Waals surface area contributed by atoms with Gasteiger partial charge in [-0.3, -0.25) is 19.2 Å². The molecule has 0 aromatic rings. The second-order valence-corrected chi connectivity index (χ2v) is 7.80. The third-order valence-corrected chi connectivity index (χ3v) is 4.14. The molecule has 0 aromatic heterocycles. The number of carboxylic acid groups (broad SMARTS) is 1. The second kappa shape index (κ2) is 9.68. The molecule has 1 unspecified atom stereocenters. The fourth-order valence-corrected chi connectivity index (χ4v) is 2.71. The molecule has 9 heteroatoms. The number of rotatable bonds is 7. The Hall–Kier alpha value is -2.16. The first-order valence-corrected chi connectivity index (χ1v) is 9.14. The number of carbonyl (C=O) groups excluding carboxylic acids is 3. The molecule has 0 aromatic carbocycles. The molecule has 4 N–H and O–H groups in total. The zero-order valence-corrected chi connectivity index (χ0v) is 16.3. The topological polar surface area (TPSA) is 145 Å². The van der Waals surface area contributed by atoms with Crippen molar-refractivity contribution in [1.29, 1.82) is 0 Å². The predicted octanol–water partition coefficient (Wildman–Crippen LogP) is 0.737. The standard InChI is InChI=1S/C18H30N2O7/c1-10(15(22)23)20-14(21)12(16(24)27-18(2,3)4)13(19)17(25)26-11-8-6-5-7-9-11/h10-13H,5-9,19H2,1-4H3,(H,20,21)(H,22,23)/t10-,12-,13?/m0/s1. The van der Waals surface area contributed by atoms with Crippen molar-refractivity contribution >= 4 is 23.8 Å². The molecule has 0 radical (unpaired) electrons. The molecule has 27 heavy (non-hydrogen) atoms. The molecule has 0 saturated heterocycles. The van der Waals surface area contributed by atoms with Crippen LogP contribution in [-0.2, 0) is 28.7 Å². The Balaban J connectivity index is 2.92. The molecule has 9 nitrogen and oxygen atoms in total. The summed E-state index contributed by atoms with van der Waals surface area (Å²) in [5.41, 5.74) is 4.95. The number of hydrogen-bond acceptors (Lipinski definition) is 7. The van der Waals surface area contributed by atoms with Gasteiger partial charge >= 0.3 is 17.9 Å². The number of carboxylic acids is 1. The highest BCUT2D eigenvalue weighted by Gasteiger charge is 2.42. The Labute approximate surface area is 158 Å². The van der Waals surface area contributed by atoms with Gasteiger partial charge < -0.3 is 25.6 Å². The van der Waals surface area contributed by atoms with Gasteiger partial charge in [-0.05, 0) is 53.4 Å². The Morgan fingerprint density at radius 3 is 2.11 bits per heavy atom. The maximum atomic E-state index is 12.5. The van der Waals surface area contributed by atoms with E-state index in [1.165, 1.54) is 6.92 Å². The summed E-state index contributed by atoms with van der Waals surface area (Å²) in [4.78, 5) is 48.3. The van der Waals surface area contributed by atoms with Crippen LogP contribution in [0, 0.1) is 5.92 Å². The number of nitrogens with one attached hydrogen (secondary N) is 1. The van der Waals surface area contributed by atoms with Gasteiger partial charge in [-0.2, -0.15) is 0 Å². The van der Waals surface area contributed by atoms with Gasteiger partial charge in [0.25, 0.3) is 0 Å². The van der Waals surface area contributed by atoms with E-state index in [0.29, 0.717) is 12.8 Å². The molecular weight excluding hydrogens is 356 g/mol. The fourth-order valence-electron chi connectivity index (χ4n) is 2.71. The summed E-state index contributed by atoms with van der Waals surface area (Å²) in [6, 6.07) is -2.85. The van der Waals surface area contributed by atoms with Crippen LogP contribution in [0.5, 0.6) is 0 Å². The van der Waals surface area contributed by atoms with Gasteiger partial charge in [0.15, 0.2) is 5.92 Å². The Morgan fingerprint density at radius 1 is 1.07 bits per heavy atom. The lowest BCUT2D eigenvalue weighted by Crippen LogP contribution is -2.54. The van der Waals surface area contributed by atoms with E-state index in [-0.39, 0.29) is 6.10 Å². The van der Waals surface area contributed by atoms with E-state index in [0.717, 1.165) is 19.3 Å². The Morgan fingerprint density at radius 2 is 1.63 bits per heavy atom. The molecule has 1 amide bonds. The van der Waals surface area contributed by atoms with Crippen LogP contribution in [0.2, 0.25) is 0 Å². The molecular formula is C18H30N2O7. The van der Waals surface area contributed by atoms with Gasteiger partial charge in [0, 0.05) is 0 Å². The van der Waals surface area contributed by atoms with Crippen LogP contribution in [-0.4, -0.2) is 52.7 Å². The van der Waals surface area contributed by atoms with Crippen molar-refractivity contribution in [2.75, 3.05) is 0 Å². The highest BCUT2D eigenvalue weighted by atomic mass is 16.6. The van der Waals surface area contributed by atoms with Crippen molar-refractivity contribution in [1.82, 2.24) is 5.32 Å². The van der Waals surface area contributed by atoms with E-state index >= 15 is 0 Å². The van der Waals surface area contributed by atoms with Crippen molar-refractivity contribution in [3.8, 4) is 0 Å². The predicted molar refractivity (Wildman–Crippen MR) is 95.5 cm³/mol. The van der Waals surface area contributed by atoms with Crippen molar-refractivity contribution in [3.05, 3.63) is 0 Å². The molecule has 1 aliphatic rings. The summed E-state index contributed by atoms with van der Waals surface area (Å²) >= 11 is 0. The van der Waals surface area contributed by atoms with E-state index in [4.69, 9.17) is 20.3 Å². The molecule has 3 atom stereocenters. The molecule has 154 valence electrons. The van der Waals surface area contributed by atoms with Gasteiger partial charge in [-0.25, -0.2) is 0 Å². The van der Waals surface area contributed by atoms with E-state index in [1.54, 1.807) is 20.8 Å². The zero-order chi connectivity index (χ0) is 20.8. The number of ether oxygens (including phenoxy) is 2. The van der Waals surface area contributed by atoms with Crippen LogP contribution in [0.3, 0.4) is 0 Å². The quantitative estimate of drug-likeness (QED) is 0.429. The first kappa shape index (κ1) is 22.9. The highest BCUT2D eigenvalue weighted by molar-refractivity contribution is 6.03. The summed E-state index contributed by atoms with van der Waals surface area (Å²) < 4.78 is 10.5. The number of amides is 1. The second-order valence-electron chi connectivity index (χ2n) is 7.80. The lowest BCUT2D eigenvalue weighted by atomic mass is 9.96. The summed E-state index contributed by atoms with van der Waals surface area (Å²) in [6.45, 7) is 6.04. The first-order chi connectivity index (χ1) is 12.4. The minimum absolute atomic E-state index is 0.294. The molecule has 0 spiro atoms. The van der Waals surface area contributed by atoms with Crippen molar-refractivity contribution in [2.24, 2.45) is 11.7 Å². The van der Waals surface area contributed by atoms with Gasteiger partial charge in [0.1, 0.15) is 23.8 Å². The lowest BCUT2D eigenvalue weighted by Gasteiger charge is -2.28. The SMILES string of the molecule is C[C@H](NC(=O)[C@@H](C(=O)OC(C)(C)C)C(N)C(=O)OC1CCCCC1)C(=O)O. The third kappa shape index (κ3) is 7.54. The first-order valence-electron chi connectivity index (χ1n) is 9.14. The molecule has 0 aliphatic heterocycles. The Kier molecular flexibility index (Phi) is 8.20. The number of carbonyl (C=O) groups is 4. The van der Waals surface area contributed by atoms with E-state index in [2.05, 4.69) is 5.32 Å². The number of hydrogen-bond donors (Lipinski definition) is 3. The molecule has 1 aliphatic carbocycles. The summed E-state index contributed by atoms with van der Waals surface area (Å²) in [7, 11) is 0. The number of nitrogens with two attached hydrogens (primary N) is 1. The van der Waals surface area contributed by atoms with Crippen LogP contribution in [0.4, 0.5) is 0 Å². The van der Waals surface area contributed by atoms with Crippen LogP contribution in [0.25, 0.3) is 0 Å². The number of esters is 2. The minimum Gasteiger partial charge on any atom is -0.480 e. The summed E-state index contributed by atoms with van der Waals surface area (Å²) in [5, 5.41) is 11.1. The molecule has 1 saturated carbocycles. The monoisotopic (exact) mass is 386 g/mol. The maximum absolute atomic E-state index is 12.5. The lowest BCUT2D eigenvalue weighted by molar-refractivity contribution is -0.170. The van der Waals surface area contributed by atoms with Crippen LogP contribution in [0.1, 0.15) is 59.8 Å². The van der Waals surface area contributed by atoms with Crippen molar-refractivity contribution < 1.29 is 33.8 Å². The van der Waals surface area contributed by atoms with Crippen molar-refractivity contribution in [3.63, 3.8) is 0 Å².